The third-order valence-corrected chi connectivity index (χ3v) is 3.64. The fourth-order valence-corrected chi connectivity index (χ4v) is 2.31. The fourth-order valence-electron chi connectivity index (χ4n) is 2.31. The SMILES string of the molecule is CCc1cccc(CNCC(O)[CH]Cc2ccc(O)cc2)c1. The second-order valence-corrected chi connectivity index (χ2v) is 5.48. The molecule has 0 heterocycles. The minimum absolute atomic E-state index is 0.264. The first-order valence-corrected chi connectivity index (χ1v) is 7.75. The van der Waals surface area contributed by atoms with Crippen LogP contribution in [0, 0.1) is 6.42 Å². The van der Waals surface area contributed by atoms with Crippen LogP contribution in [0.25, 0.3) is 0 Å². The number of phenols is 1. The van der Waals surface area contributed by atoms with Crippen molar-refractivity contribution in [2.45, 2.75) is 32.4 Å². The number of benzene rings is 2. The second kappa shape index (κ2) is 8.57. The molecule has 0 bridgehead atoms. The van der Waals surface area contributed by atoms with Crippen molar-refractivity contribution in [3.8, 4) is 5.75 Å². The van der Waals surface area contributed by atoms with E-state index < -0.39 is 6.10 Å². The van der Waals surface area contributed by atoms with Gasteiger partial charge in [0.15, 0.2) is 0 Å². The summed E-state index contributed by atoms with van der Waals surface area (Å²) in [6.45, 7) is 3.45. The smallest absolute Gasteiger partial charge is 0.115 e. The molecule has 1 unspecified atom stereocenters. The minimum atomic E-state index is -0.483. The van der Waals surface area contributed by atoms with Crippen molar-refractivity contribution >= 4 is 0 Å². The molecule has 0 aliphatic carbocycles. The van der Waals surface area contributed by atoms with E-state index in [1.807, 2.05) is 18.6 Å². The number of aromatic hydroxyl groups is 1. The maximum atomic E-state index is 9.98. The van der Waals surface area contributed by atoms with Crippen LogP contribution in [0.3, 0.4) is 0 Å². The minimum Gasteiger partial charge on any atom is -0.508 e. The maximum Gasteiger partial charge on any atom is 0.115 e. The van der Waals surface area contributed by atoms with Crippen LogP contribution in [0.5, 0.6) is 5.75 Å². The highest BCUT2D eigenvalue weighted by Gasteiger charge is 2.05. The number of nitrogens with one attached hydrogen (secondary N) is 1. The molecule has 0 aromatic heterocycles. The Balaban J connectivity index is 1.69. The van der Waals surface area contributed by atoms with Crippen LogP contribution in [0.4, 0.5) is 0 Å². The van der Waals surface area contributed by atoms with E-state index in [4.69, 9.17) is 0 Å². The van der Waals surface area contributed by atoms with Crippen molar-refractivity contribution in [1.82, 2.24) is 5.32 Å². The molecule has 2 aromatic carbocycles. The van der Waals surface area contributed by atoms with Crippen LogP contribution in [0.1, 0.15) is 23.6 Å². The predicted molar refractivity (Wildman–Crippen MR) is 89.6 cm³/mol. The van der Waals surface area contributed by atoms with E-state index >= 15 is 0 Å². The molecular formula is C19H24NO2. The molecule has 0 aliphatic heterocycles. The zero-order chi connectivity index (χ0) is 15.8. The van der Waals surface area contributed by atoms with Gasteiger partial charge >= 0.3 is 0 Å². The largest absolute Gasteiger partial charge is 0.508 e. The lowest BCUT2D eigenvalue weighted by Gasteiger charge is -2.12. The van der Waals surface area contributed by atoms with E-state index in [1.54, 1.807) is 12.1 Å². The van der Waals surface area contributed by atoms with Gasteiger partial charge in [-0.15, -0.1) is 0 Å². The Labute approximate surface area is 132 Å². The lowest BCUT2D eigenvalue weighted by Crippen LogP contribution is -2.27. The van der Waals surface area contributed by atoms with Gasteiger partial charge in [-0.3, -0.25) is 0 Å². The highest BCUT2D eigenvalue weighted by Crippen LogP contribution is 2.11. The molecule has 0 fully saturated rings. The standard InChI is InChI=1S/C19H24NO2/c1-2-15-4-3-5-17(12-15)13-20-14-19(22)11-8-16-6-9-18(21)10-7-16/h3-7,9-12,19-22H,2,8,13-14H2,1H3. The Morgan fingerprint density at radius 3 is 2.50 bits per heavy atom. The van der Waals surface area contributed by atoms with Gasteiger partial charge in [-0.25, -0.2) is 0 Å². The summed E-state index contributed by atoms with van der Waals surface area (Å²) in [7, 11) is 0. The zero-order valence-electron chi connectivity index (χ0n) is 13.0. The zero-order valence-corrected chi connectivity index (χ0v) is 13.0. The molecule has 2 aromatic rings. The van der Waals surface area contributed by atoms with Gasteiger partial charge in [0, 0.05) is 13.1 Å². The molecule has 3 N–H and O–H groups in total. The van der Waals surface area contributed by atoms with Crippen LogP contribution in [0.15, 0.2) is 48.5 Å². The van der Waals surface area contributed by atoms with Crippen molar-refractivity contribution < 1.29 is 10.2 Å². The molecule has 0 spiro atoms. The van der Waals surface area contributed by atoms with Crippen LogP contribution in [-0.2, 0) is 19.4 Å². The molecule has 0 amide bonds. The van der Waals surface area contributed by atoms with E-state index in [0.29, 0.717) is 13.0 Å². The third kappa shape index (κ3) is 5.51. The summed E-state index contributed by atoms with van der Waals surface area (Å²) in [5, 5.41) is 22.5. The molecule has 1 radical (unpaired) electrons. The molecule has 0 saturated heterocycles. The summed E-state index contributed by atoms with van der Waals surface area (Å²) >= 11 is 0. The highest BCUT2D eigenvalue weighted by molar-refractivity contribution is 5.27. The monoisotopic (exact) mass is 298 g/mol. The molecule has 22 heavy (non-hydrogen) atoms. The number of rotatable bonds is 8. The number of phenolic OH excluding ortho intramolecular Hbond substituents is 1. The Morgan fingerprint density at radius 2 is 1.77 bits per heavy atom. The van der Waals surface area contributed by atoms with Gasteiger partial charge < -0.3 is 15.5 Å². The molecule has 117 valence electrons. The van der Waals surface area contributed by atoms with Gasteiger partial charge in [-0.1, -0.05) is 43.3 Å². The van der Waals surface area contributed by atoms with Gasteiger partial charge in [0.25, 0.3) is 0 Å². The van der Waals surface area contributed by atoms with E-state index in [-0.39, 0.29) is 5.75 Å². The average molecular weight is 298 g/mol. The van der Waals surface area contributed by atoms with Crippen LogP contribution in [0.2, 0.25) is 0 Å². The topological polar surface area (TPSA) is 52.5 Å². The summed E-state index contributed by atoms with van der Waals surface area (Å²) < 4.78 is 0. The lowest BCUT2D eigenvalue weighted by atomic mass is 10.1. The fraction of sp³-hybridized carbons (Fsp3) is 0.316. The van der Waals surface area contributed by atoms with Crippen molar-refractivity contribution in [1.29, 1.82) is 0 Å². The molecule has 3 nitrogen and oxygen atoms in total. The van der Waals surface area contributed by atoms with Gasteiger partial charge in [-0.2, -0.15) is 0 Å². The molecule has 0 saturated carbocycles. The summed E-state index contributed by atoms with van der Waals surface area (Å²) in [6, 6.07) is 15.5. The van der Waals surface area contributed by atoms with Gasteiger partial charge in [0.05, 0.1) is 6.10 Å². The first-order chi connectivity index (χ1) is 10.7. The van der Waals surface area contributed by atoms with E-state index in [1.165, 1.54) is 11.1 Å². The predicted octanol–water partition coefficient (Wildman–Crippen LogP) is 2.85. The first kappa shape index (κ1) is 16.5. The average Bonchev–Trinajstić information content (AvgIpc) is 2.54. The van der Waals surface area contributed by atoms with E-state index in [0.717, 1.165) is 18.5 Å². The molecule has 2 rings (SSSR count). The molecule has 0 aliphatic rings. The number of aliphatic hydroxyl groups is 1. The Hall–Kier alpha value is -1.84. The normalized spacial score (nSPS) is 12.3. The number of aryl methyl sites for hydroxylation is 1. The second-order valence-electron chi connectivity index (χ2n) is 5.48. The number of aliphatic hydroxyl groups excluding tert-OH is 1. The van der Waals surface area contributed by atoms with Gasteiger partial charge in [0.1, 0.15) is 5.75 Å². The Bertz CT molecular complexity index is 566. The van der Waals surface area contributed by atoms with Crippen LogP contribution >= 0.6 is 0 Å². The quantitative estimate of drug-likeness (QED) is 0.702. The molecule has 1 atom stereocenters. The number of hydrogen-bond acceptors (Lipinski definition) is 3. The van der Waals surface area contributed by atoms with Crippen LogP contribution in [-0.4, -0.2) is 22.9 Å². The first-order valence-electron chi connectivity index (χ1n) is 7.75. The molecule has 3 heteroatoms. The summed E-state index contributed by atoms with van der Waals surface area (Å²) in [6.07, 6.45) is 3.12. The molecular weight excluding hydrogens is 274 g/mol. The van der Waals surface area contributed by atoms with Crippen LogP contribution < -0.4 is 5.32 Å². The number of hydrogen-bond donors (Lipinski definition) is 3. The van der Waals surface area contributed by atoms with Gasteiger partial charge in [0.2, 0.25) is 0 Å². The van der Waals surface area contributed by atoms with Crippen molar-refractivity contribution in [2.24, 2.45) is 0 Å². The summed E-state index contributed by atoms with van der Waals surface area (Å²) in [5.74, 6) is 0.264. The van der Waals surface area contributed by atoms with E-state index in [2.05, 4.69) is 36.5 Å². The summed E-state index contributed by atoms with van der Waals surface area (Å²) in [5.41, 5.74) is 3.65. The van der Waals surface area contributed by atoms with E-state index in [9.17, 15) is 10.2 Å². The maximum absolute atomic E-state index is 9.98. The third-order valence-electron chi connectivity index (χ3n) is 3.64. The lowest BCUT2D eigenvalue weighted by molar-refractivity contribution is 0.200. The van der Waals surface area contributed by atoms with Gasteiger partial charge in [-0.05, 0) is 48.1 Å². The van der Waals surface area contributed by atoms with Crippen molar-refractivity contribution in [2.75, 3.05) is 6.54 Å². The summed E-state index contributed by atoms with van der Waals surface area (Å²) in [4.78, 5) is 0. The van der Waals surface area contributed by atoms with Crippen molar-refractivity contribution in [3.05, 3.63) is 71.6 Å². The Kier molecular flexibility index (Phi) is 6.44. The Morgan fingerprint density at radius 1 is 1.05 bits per heavy atom. The highest BCUT2D eigenvalue weighted by atomic mass is 16.3. The van der Waals surface area contributed by atoms with Crippen molar-refractivity contribution in [3.63, 3.8) is 0 Å².